The Morgan fingerprint density at radius 2 is 1.73 bits per heavy atom. The first-order chi connectivity index (χ1) is 19.2. The summed E-state index contributed by atoms with van der Waals surface area (Å²) in [6.45, 7) is 3.21. The van der Waals surface area contributed by atoms with Crippen LogP contribution >= 0.6 is 11.8 Å². The van der Waals surface area contributed by atoms with Crippen molar-refractivity contribution in [3.05, 3.63) is 78.4 Å². The Hall–Kier alpha value is -3.70. The number of para-hydroxylation sites is 2. The van der Waals surface area contributed by atoms with E-state index in [9.17, 15) is 18.0 Å². The van der Waals surface area contributed by atoms with Gasteiger partial charge in [-0.25, -0.2) is 8.42 Å². The van der Waals surface area contributed by atoms with Crippen LogP contribution in [0.2, 0.25) is 0 Å². The van der Waals surface area contributed by atoms with Crippen LogP contribution in [-0.4, -0.2) is 64.7 Å². The molecule has 0 aliphatic heterocycles. The average Bonchev–Trinajstić information content (AvgIpc) is 2.98. The number of benzene rings is 3. The molecule has 0 bridgehead atoms. The molecule has 0 spiro atoms. The number of thioether (sulfide) groups is 1. The van der Waals surface area contributed by atoms with Crippen LogP contribution < -0.4 is 19.1 Å². The van der Waals surface area contributed by atoms with Crippen LogP contribution in [0.3, 0.4) is 0 Å². The summed E-state index contributed by atoms with van der Waals surface area (Å²) in [5, 5.41) is 2.57. The average molecular weight is 586 g/mol. The molecule has 0 heterocycles. The standard InChI is InChI=1S/C29H35N3O6S2/c1-6-38-27-13-8-7-12-26(27)32(40(35,36)25-16-14-24(39-5)15-17-25)20-28(33)31(21(2)29(34)30-3)19-22-10-9-11-23(18-22)37-4/h7-18,21H,6,19-20H2,1-5H3,(H,30,34)/t21-/m1/s1. The van der Waals surface area contributed by atoms with Crippen LogP contribution in [-0.2, 0) is 26.2 Å². The van der Waals surface area contributed by atoms with Crippen molar-refractivity contribution >= 4 is 39.3 Å². The highest BCUT2D eigenvalue weighted by Crippen LogP contribution is 2.33. The molecule has 3 aromatic rings. The maximum atomic E-state index is 14.0. The van der Waals surface area contributed by atoms with E-state index in [1.807, 2.05) is 12.3 Å². The number of amides is 2. The van der Waals surface area contributed by atoms with Crippen molar-refractivity contribution in [1.82, 2.24) is 10.2 Å². The molecule has 1 N–H and O–H groups in total. The Kier molecular flexibility index (Phi) is 10.9. The van der Waals surface area contributed by atoms with Gasteiger partial charge in [0.1, 0.15) is 24.1 Å². The molecular weight excluding hydrogens is 550 g/mol. The van der Waals surface area contributed by atoms with Gasteiger partial charge >= 0.3 is 0 Å². The van der Waals surface area contributed by atoms with E-state index in [0.717, 1.165) is 14.8 Å². The minimum absolute atomic E-state index is 0.0306. The Labute approximate surface area is 240 Å². The Balaban J connectivity index is 2.09. The van der Waals surface area contributed by atoms with Crippen molar-refractivity contribution in [1.29, 1.82) is 0 Å². The van der Waals surface area contributed by atoms with Gasteiger partial charge in [-0.15, -0.1) is 11.8 Å². The van der Waals surface area contributed by atoms with Gasteiger partial charge in [-0.1, -0.05) is 24.3 Å². The number of carbonyl (C=O) groups is 2. The molecule has 2 amide bonds. The molecule has 3 rings (SSSR count). The van der Waals surface area contributed by atoms with Gasteiger partial charge in [-0.3, -0.25) is 13.9 Å². The monoisotopic (exact) mass is 585 g/mol. The van der Waals surface area contributed by atoms with Crippen molar-refractivity contribution in [2.24, 2.45) is 0 Å². The molecule has 1 atom stereocenters. The van der Waals surface area contributed by atoms with E-state index in [4.69, 9.17) is 9.47 Å². The summed E-state index contributed by atoms with van der Waals surface area (Å²) >= 11 is 1.49. The summed E-state index contributed by atoms with van der Waals surface area (Å²) < 4.78 is 40.2. The number of methoxy groups -OCH3 is 1. The molecule has 3 aromatic carbocycles. The summed E-state index contributed by atoms with van der Waals surface area (Å²) in [6, 6.07) is 19.4. The molecule has 0 unspecified atom stereocenters. The van der Waals surface area contributed by atoms with E-state index in [-0.39, 0.29) is 23.0 Å². The Bertz CT molecular complexity index is 1410. The fraction of sp³-hybridized carbons (Fsp3) is 0.310. The van der Waals surface area contributed by atoms with Crippen molar-refractivity contribution in [2.75, 3.05) is 37.9 Å². The first kappa shape index (κ1) is 30.8. The highest BCUT2D eigenvalue weighted by molar-refractivity contribution is 7.98. The lowest BCUT2D eigenvalue weighted by atomic mass is 10.1. The molecule has 0 aromatic heterocycles. The van der Waals surface area contributed by atoms with E-state index in [0.29, 0.717) is 18.1 Å². The normalized spacial score (nSPS) is 11.8. The summed E-state index contributed by atoms with van der Waals surface area (Å²) in [5.74, 6) is -0.0237. The number of rotatable bonds is 13. The van der Waals surface area contributed by atoms with Crippen molar-refractivity contribution in [3.8, 4) is 11.5 Å². The first-order valence-electron chi connectivity index (χ1n) is 12.7. The van der Waals surface area contributed by atoms with Crippen LogP contribution in [0.1, 0.15) is 19.4 Å². The predicted molar refractivity (Wildman–Crippen MR) is 157 cm³/mol. The molecule has 9 nitrogen and oxygen atoms in total. The van der Waals surface area contributed by atoms with E-state index >= 15 is 0 Å². The summed E-state index contributed by atoms with van der Waals surface area (Å²) in [4.78, 5) is 28.9. The molecule has 0 aliphatic rings. The third-order valence-electron chi connectivity index (χ3n) is 6.26. The molecular formula is C29H35N3O6S2. The quantitative estimate of drug-likeness (QED) is 0.300. The maximum absolute atomic E-state index is 14.0. The number of likely N-dealkylation sites (N-methyl/N-ethyl adjacent to an activating group) is 1. The third kappa shape index (κ3) is 7.28. The number of hydrogen-bond acceptors (Lipinski definition) is 7. The minimum atomic E-state index is -4.21. The van der Waals surface area contributed by atoms with Crippen molar-refractivity contribution in [2.45, 2.75) is 36.2 Å². The van der Waals surface area contributed by atoms with Gasteiger partial charge < -0.3 is 19.7 Å². The van der Waals surface area contributed by atoms with Gasteiger partial charge in [-0.05, 0) is 74.2 Å². The maximum Gasteiger partial charge on any atom is 0.264 e. The highest BCUT2D eigenvalue weighted by Gasteiger charge is 2.33. The van der Waals surface area contributed by atoms with Crippen LogP contribution in [0, 0.1) is 0 Å². The molecule has 0 radical (unpaired) electrons. The lowest BCUT2D eigenvalue weighted by Crippen LogP contribution is -2.50. The smallest absolute Gasteiger partial charge is 0.264 e. The third-order valence-corrected chi connectivity index (χ3v) is 8.78. The molecule has 40 heavy (non-hydrogen) atoms. The van der Waals surface area contributed by atoms with Gasteiger partial charge in [0.05, 0.1) is 24.3 Å². The van der Waals surface area contributed by atoms with Crippen molar-refractivity contribution in [3.63, 3.8) is 0 Å². The summed E-state index contributed by atoms with van der Waals surface area (Å²) in [5.41, 5.74) is 0.945. The fourth-order valence-corrected chi connectivity index (χ4v) is 5.92. The first-order valence-corrected chi connectivity index (χ1v) is 15.3. The zero-order valence-corrected chi connectivity index (χ0v) is 24.9. The number of nitrogens with zero attached hydrogens (tertiary/aromatic N) is 2. The molecule has 0 fully saturated rings. The number of hydrogen-bond donors (Lipinski definition) is 1. The van der Waals surface area contributed by atoms with Gasteiger partial charge in [-0.2, -0.15) is 0 Å². The van der Waals surface area contributed by atoms with Crippen molar-refractivity contribution < 1.29 is 27.5 Å². The second kappa shape index (κ2) is 14.1. The van der Waals surface area contributed by atoms with Crippen LogP contribution in [0.5, 0.6) is 11.5 Å². The van der Waals surface area contributed by atoms with Gasteiger partial charge in [0.2, 0.25) is 11.8 Å². The van der Waals surface area contributed by atoms with Gasteiger partial charge in [0.15, 0.2) is 0 Å². The molecule has 214 valence electrons. The number of carbonyl (C=O) groups excluding carboxylic acids is 2. The second-order valence-corrected chi connectivity index (χ2v) is 11.5. The summed E-state index contributed by atoms with van der Waals surface area (Å²) in [7, 11) is -1.18. The number of ether oxygens (including phenoxy) is 2. The molecule has 0 aliphatic carbocycles. The molecule has 0 saturated heterocycles. The number of anilines is 1. The topological polar surface area (TPSA) is 105 Å². The molecule has 0 saturated carbocycles. The lowest BCUT2D eigenvalue weighted by molar-refractivity contribution is -0.139. The summed E-state index contributed by atoms with van der Waals surface area (Å²) in [6.07, 6.45) is 1.90. The number of sulfonamides is 1. The van der Waals surface area contributed by atoms with E-state index in [1.165, 1.54) is 35.8 Å². The van der Waals surface area contributed by atoms with Crippen LogP contribution in [0.25, 0.3) is 0 Å². The van der Waals surface area contributed by atoms with Crippen LogP contribution in [0.15, 0.2) is 82.6 Å². The Morgan fingerprint density at radius 3 is 2.35 bits per heavy atom. The zero-order valence-electron chi connectivity index (χ0n) is 23.3. The zero-order chi connectivity index (χ0) is 29.3. The molecule has 11 heteroatoms. The lowest BCUT2D eigenvalue weighted by Gasteiger charge is -2.32. The highest BCUT2D eigenvalue weighted by atomic mass is 32.2. The minimum Gasteiger partial charge on any atom is -0.497 e. The fourth-order valence-electron chi connectivity index (χ4n) is 4.09. The Morgan fingerprint density at radius 1 is 1.02 bits per heavy atom. The van der Waals surface area contributed by atoms with E-state index in [2.05, 4.69) is 5.32 Å². The van der Waals surface area contributed by atoms with Gasteiger partial charge in [0, 0.05) is 18.5 Å². The van der Waals surface area contributed by atoms with E-state index < -0.39 is 28.5 Å². The van der Waals surface area contributed by atoms with E-state index in [1.54, 1.807) is 75.6 Å². The van der Waals surface area contributed by atoms with Gasteiger partial charge in [0.25, 0.3) is 10.0 Å². The number of nitrogens with one attached hydrogen (secondary N) is 1. The second-order valence-electron chi connectivity index (χ2n) is 8.75. The van der Waals surface area contributed by atoms with Crippen LogP contribution in [0.4, 0.5) is 5.69 Å². The largest absolute Gasteiger partial charge is 0.497 e. The predicted octanol–water partition coefficient (Wildman–Crippen LogP) is 4.17. The SMILES string of the molecule is CCOc1ccccc1N(CC(=O)N(Cc1cccc(OC)c1)[C@H](C)C(=O)NC)S(=O)(=O)c1ccc(SC)cc1.